The summed E-state index contributed by atoms with van der Waals surface area (Å²) in [6.07, 6.45) is 2.82. The molecule has 1 atom stereocenters. The molecule has 13 heavy (non-hydrogen) atoms. The molecule has 5 nitrogen and oxygen atoms in total. The van der Waals surface area contributed by atoms with E-state index in [1.807, 2.05) is 0 Å². The van der Waals surface area contributed by atoms with Crippen molar-refractivity contribution in [2.75, 3.05) is 6.61 Å². The van der Waals surface area contributed by atoms with Crippen LogP contribution in [0.5, 0.6) is 0 Å². The molecule has 1 amide bonds. The molecule has 2 N–H and O–H groups in total. The highest BCUT2D eigenvalue weighted by Gasteiger charge is 2.07. The van der Waals surface area contributed by atoms with Crippen molar-refractivity contribution in [1.82, 2.24) is 15.5 Å². The third-order valence-electron chi connectivity index (χ3n) is 1.50. The molecule has 5 heteroatoms. The Kier molecular flexibility index (Phi) is 3.33. The Labute approximate surface area is 75.8 Å². The highest BCUT2D eigenvalue weighted by atomic mass is 16.3. The second-order valence-electron chi connectivity index (χ2n) is 2.69. The monoisotopic (exact) mass is 181 g/mol. The van der Waals surface area contributed by atoms with Gasteiger partial charge in [-0.25, -0.2) is 0 Å². The van der Waals surface area contributed by atoms with Gasteiger partial charge in [0.2, 0.25) is 0 Å². The summed E-state index contributed by atoms with van der Waals surface area (Å²) >= 11 is 0. The van der Waals surface area contributed by atoms with Gasteiger partial charge in [-0.3, -0.25) is 4.79 Å². The van der Waals surface area contributed by atoms with E-state index in [4.69, 9.17) is 5.11 Å². The number of hydrogen-bond donors (Lipinski definition) is 2. The van der Waals surface area contributed by atoms with Crippen molar-refractivity contribution >= 4 is 5.91 Å². The minimum atomic E-state index is -0.253. The minimum Gasteiger partial charge on any atom is -0.394 e. The summed E-state index contributed by atoms with van der Waals surface area (Å²) < 4.78 is 0. The number of amides is 1. The smallest absolute Gasteiger partial charge is 0.253 e. The average molecular weight is 181 g/mol. The molecule has 0 radical (unpaired) electrons. The van der Waals surface area contributed by atoms with Gasteiger partial charge < -0.3 is 10.4 Å². The quantitative estimate of drug-likeness (QED) is 0.664. The first kappa shape index (κ1) is 9.60. The number of hydrogen-bond acceptors (Lipinski definition) is 4. The minimum absolute atomic E-state index is 0.0791. The fourth-order valence-corrected chi connectivity index (χ4v) is 0.778. The van der Waals surface area contributed by atoms with Crippen molar-refractivity contribution in [3.8, 4) is 0 Å². The van der Waals surface area contributed by atoms with Crippen LogP contribution >= 0.6 is 0 Å². The summed E-state index contributed by atoms with van der Waals surface area (Å²) in [5.41, 5.74) is 0.440. The molecular weight excluding hydrogens is 170 g/mol. The Hall–Kier alpha value is -1.49. The molecule has 0 aliphatic heterocycles. The van der Waals surface area contributed by atoms with Gasteiger partial charge in [-0.05, 0) is 13.0 Å². The van der Waals surface area contributed by atoms with Gasteiger partial charge in [0.25, 0.3) is 5.91 Å². The summed E-state index contributed by atoms with van der Waals surface area (Å²) in [4.78, 5) is 11.3. The Morgan fingerprint density at radius 2 is 2.46 bits per heavy atom. The van der Waals surface area contributed by atoms with E-state index in [9.17, 15) is 4.79 Å². The van der Waals surface area contributed by atoms with Crippen LogP contribution in [0.4, 0.5) is 0 Å². The second-order valence-corrected chi connectivity index (χ2v) is 2.69. The molecular formula is C8H11N3O2. The van der Waals surface area contributed by atoms with Gasteiger partial charge in [-0.1, -0.05) is 0 Å². The van der Waals surface area contributed by atoms with Crippen LogP contribution in [0.25, 0.3) is 0 Å². The molecule has 0 saturated carbocycles. The first-order valence-electron chi connectivity index (χ1n) is 3.92. The second kappa shape index (κ2) is 4.51. The Morgan fingerprint density at radius 1 is 1.69 bits per heavy atom. The van der Waals surface area contributed by atoms with E-state index in [1.165, 1.54) is 12.4 Å². The Balaban J connectivity index is 2.59. The molecule has 1 unspecified atom stereocenters. The van der Waals surface area contributed by atoms with Crippen LogP contribution in [0.3, 0.4) is 0 Å². The van der Waals surface area contributed by atoms with Gasteiger partial charge >= 0.3 is 0 Å². The fraction of sp³-hybridized carbons (Fsp3) is 0.375. The number of aromatic nitrogens is 2. The van der Waals surface area contributed by atoms with Crippen molar-refractivity contribution in [3.05, 3.63) is 24.0 Å². The first-order chi connectivity index (χ1) is 6.24. The van der Waals surface area contributed by atoms with Gasteiger partial charge in [0.15, 0.2) is 0 Å². The molecule has 0 bridgehead atoms. The fourth-order valence-electron chi connectivity index (χ4n) is 0.778. The molecule has 0 aliphatic rings. The van der Waals surface area contributed by atoms with E-state index >= 15 is 0 Å². The van der Waals surface area contributed by atoms with Gasteiger partial charge in [0.05, 0.1) is 24.6 Å². The van der Waals surface area contributed by atoms with Crippen molar-refractivity contribution in [3.63, 3.8) is 0 Å². The summed E-state index contributed by atoms with van der Waals surface area (Å²) in [6.45, 7) is 1.64. The summed E-state index contributed by atoms with van der Waals surface area (Å²) in [7, 11) is 0. The Bertz CT molecular complexity index is 276. The summed E-state index contributed by atoms with van der Waals surface area (Å²) in [5.74, 6) is -0.253. The van der Waals surface area contributed by atoms with Crippen LogP contribution in [0.15, 0.2) is 18.5 Å². The van der Waals surface area contributed by atoms with Crippen LogP contribution in [-0.4, -0.2) is 33.9 Å². The molecule has 1 aromatic heterocycles. The van der Waals surface area contributed by atoms with Crippen molar-refractivity contribution in [2.45, 2.75) is 13.0 Å². The summed E-state index contributed by atoms with van der Waals surface area (Å²) in [5, 5.41) is 18.4. The van der Waals surface area contributed by atoms with Crippen LogP contribution in [0.1, 0.15) is 17.3 Å². The third kappa shape index (κ3) is 2.79. The van der Waals surface area contributed by atoms with E-state index in [2.05, 4.69) is 15.5 Å². The van der Waals surface area contributed by atoms with Crippen LogP contribution < -0.4 is 5.32 Å². The lowest BCUT2D eigenvalue weighted by molar-refractivity contribution is 0.0921. The number of nitrogens with zero attached hydrogens (tertiary/aromatic N) is 2. The molecule has 0 spiro atoms. The first-order valence-corrected chi connectivity index (χ1v) is 3.92. The predicted octanol–water partition coefficient (Wildman–Crippen LogP) is -0.413. The maximum absolute atomic E-state index is 11.3. The molecule has 70 valence electrons. The highest BCUT2D eigenvalue weighted by molar-refractivity contribution is 5.93. The third-order valence-corrected chi connectivity index (χ3v) is 1.50. The van der Waals surface area contributed by atoms with Crippen LogP contribution in [-0.2, 0) is 0 Å². The number of carbonyl (C=O) groups excluding carboxylic acids is 1. The highest BCUT2D eigenvalue weighted by Crippen LogP contribution is 1.94. The van der Waals surface area contributed by atoms with Crippen LogP contribution in [0.2, 0.25) is 0 Å². The zero-order valence-electron chi connectivity index (χ0n) is 7.27. The number of rotatable bonds is 3. The molecule has 1 heterocycles. The van der Waals surface area contributed by atoms with E-state index in [0.717, 1.165) is 0 Å². The number of aliphatic hydroxyl groups is 1. The standard InChI is InChI=1S/C8H11N3O2/c1-6(5-12)11-8(13)7-2-3-9-10-4-7/h2-4,6,12H,5H2,1H3,(H,11,13). The lowest BCUT2D eigenvalue weighted by atomic mass is 10.2. The van der Waals surface area contributed by atoms with Gasteiger partial charge in [0, 0.05) is 6.04 Å². The molecule has 0 fully saturated rings. The van der Waals surface area contributed by atoms with E-state index < -0.39 is 0 Å². The zero-order valence-corrected chi connectivity index (χ0v) is 7.27. The molecule has 0 aromatic carbocycles. The molecule has 1 rings (SSSR count). The lowest BCUT2D eigenvalue weighted by Gasteiger charge is -2.09. The molecule has 1 aromatic rings. The average Bonchev–Trinajstić information content (AvgIpc) is 2.19. The predicted molar refractivity (Wildman–Crippen MR) is 46.0 cm³/mol. The van der Waals surface area contributed by atoms with E-state index in [1.54, 1.807) is 13.0 Å². The molecule has 0 aliphatic carbocycles. The van der Waals surface area contributed by atoms with Crippen LogP contribution in [0, 0.1) is 0 Å². The van der Waals surface area contributed by atoms with Gasteiger partial charge in [0.1, 0.15) is 0 Å². The molecule has 0 saturated heterocycles. The SMILES string of the molecule is CC(CO)NC(=O)c1ccnnc1. The number of nitrogens with one attached hydrogen (secondary N) is 1. The normalized spacial score (nSPS) is 12.2. The summed E-state index contributed by atoms with van der Waals surface area (Å²) in [6, 6.07) is 1.31. The number of carbonyl (C=O) groups is 1. The maximum atomic E-state index is 11.3. The largest absolute Gasteiger partial charge is 0.394 e. The van der Waals surface area contributed by atoms with Gasteiger partial charge in [-0.2, -0.15) is 10.2 Å². The maximum Gasteiger partial charge on any atom is 0.253 e. The van der Waals surface area contributed by atoms with Gasteiger partial charge in [-0.15, -0.1) is 0 Å². The van der Waals surface area contributed by atoms with E-state index in [-0.39, 0.29) is 18.6 Å². The van der Waals surface area contributed by atoms with Crippen molar-refractivity contribution in [2.24, 2.45) is 0 Å². The Morgan fingerprint density at radius 3 is 3.00 bits per heavy atom. The van der Waals surface area contributed by atoms with E-state index in [0.29, 0.717) is 5.56 Å². The lowest BCUT2D eigenvalue weighted by Crippen LogP contribution is -2.35. The number of aliphatic hydroxyl groups excluding tert-OH is 1. The van der Waals surface area contributed by atoms with Crippen molar-refractivity contribution < 1.29 is 9.90 Å². The van der Waals surface area contributed by atoms with Crippen molar-refractivity contribution in [1.29, 1.82) is 0 Å². The topological polar surface area (TPSA) is 75.1 Å². The zero-order chi connectivity index (χ0) is 9.68.